The normalized spacial score (nSPS) is 13.6. The molecule has 0 aliphatic rings. The minimum absolute atomic E-state index is 0.303. The van der Waals surface area contributed by atoms with Gasteiger partial charge in [-0.25, -0.2) is 0 Å². The summed E-state index contributed by atoms with van der Waals surface area (Å²) in [5.74, 6) is 0.610. The highest BCUT2D eigenvalue weighted by molar-refractivity contribution is 5.00. The second-order valence-corrected chi connectivity index (χ2v) is 3.98. The Balaban J connectivity index is 2.53. The van der Waals surface area contributed by atoms with Crippen molar-refractivity contribution in [3.05, 3.63) is 18.0 Å². The van der Waals surface area contributed by atoms with Gasteiger partial charge in [0.25, 0.3) is 0 Å². The molecule has 0 radical (unpaired) electrons. The lowest BCUT2D eigenvalue weighted by Gasteiger charge is -2.04. The number of hydrogen-bond donors (Lipinski definition) is 1. The van der Waals surface area contributed by atoms with Crippen molar-refractivity contribution in [1.82, 2.24) is 9.78 Å². The number of aliphatic hydroxyl groups is 1. The quantitative estimate of drug-likeness (QED) is 0.765. The lowest BCUT2D eigenvalue weighted by atomic mass is 10.2. The van der Waals surface area contributed by atoms with E-state index in [1.165, 1.54) is 0 Å². The van der Waals surface area contributed by atoms with E-state index < -0.39 is 0 Å². The van der Waals surface area contributed by atoms with E-state index in [4.69, 9.17) is 5.11 Å². The van der Waals surface area contributed by atoms with Crippen LogP contribution in [0.3, 0.4) is 0 Å². The molecule has 0 bridgehead atoms. The van der Waals surface area contributed by atoms with Crippen molar-refractivity contribution in [2.75, 3.05) is 0 Å². The highest BCUT2D eigenvalue weighted by atomic mass is 16.3. The number of hydrogen-bond acceptors (Lipinski definition) is 2. The molecule has 0 saturated carbocycles. The molecule has 1 aromatic rings. The van der Waals surface area contributed by atoms with Gasteiger partial charge in [-0.3, -0.25) is 4.68 Å². The Hall–Kier alpha value is -0.830. The first-order chi connectivity index (χ1) is 6.08. The maximum atomic E-state index is 9.15. The van der Waals surface area contributed by atoms with Crippen molar-refractivity contribution in [2.24, 2.45) is 5.92 Å². The molecular formula is C10H18N2O. The molecule has 0 spiro atoms. The third-order valence-corrected chi connectivity index (χ3v) is 1.75. The van der Waals surface area contributed by atoms with Crippen LogP contribution < -0.4 is 0 Å². The number of nitrogens with zero attached hydrogens (tertiary/aromatic N) is 2. The number of aliphatic hydroxyl groups excluding tert-OH is 1. The van der Waals surface area contributed by atoms with E-state index in [1.54, 1.807) is 6.92 Å². The van der Waals surface area contributed by atoms with Crippen LogP contribution in [0.4, 0.5) is 0 Å². The third kappa shape index (κ3) is 3.59. The van der Waals surface area contributed by atoms with E-state index in [1.807, 2.05) is 16.9 Å². The Morgan fingerprint density at radius 3 is 2.69 bits per heavy atom. The Bertz CT molecular complexity index is 229. The minimum Gasteiger partial charge on any atom is -0.393 e. The van der Waals surface area contributed by atoms with Crippen molar-refractivity contribution in [3.8, 4) is 0 Å². The van der Waals surface area contributed by atoms with Crippen LogP contribution in [0, 0.1) is 5.92 Å². The van der Waals surface area contributed by atoms with Gasteiger partial charge in [-0.2, -0.15) is 5.10 Å². The van der Waals surface area contributed by atoms with Crippen LogP contribution in [0.5, 0.6) is 0 Å². The molecule has 1 rings (SSSR count). The van der Waals surface area contributed by atoms with Gasteiger partial charge in [-0.15, -0.1) is 0 Å². The van der Waals surface area contributed by atoms with Crippen LogP contribution in [0.25, 0.3) is 0 Å². The SMILES string of the molecule is CC(C)Cn1ccc(C[C@@H](C)O)n1. The summed E-state index contributed by atoms with van der Waals surface area (Å²) in [4.78, 5) is 0. The third-order valence-electron chi connectivity index (χ3n) is 1.75. The Labute approximate surface area is 79.4 Å². The van der Waals surface area contributed by atoms with E-state index in [2.05, 4.69) is 18.9 Å². The summed E-state index contributed by atoms with van der Waals surface area (Å²) in [6.45, 7) is 7.05. The fourth-order valence-electron chi connectivity index (χ4n) is 1.29. The molecule has 1 aromatic heterocycles. The summed E-state index contributed by atoms with van der Waals surface area (Å²) in [7, 11) is 0. The molecule has 74 valence electrons. The molecule has 0 fully saturated rings. The van der Waals surface area contributed by atoms with Crippen LogP contribution in [0.15, 0.2) is 12.3 Å². The van der Waals surface area contributed by atoms with E-state index in [-0.39, 0.29) is 6.10 Å². The maximum Gasteiger partial charge on any atom is 0.0650 e. The largest absolute Gasteiger partial charge is 0.393 e. The second-order valence-electron chi connectivity index (χ2n) is 3.98. The average Bonchev–Trinajstić information content (AvgIpc) is 2.33. The molecule has 0 amide bonds. The molecule has 1 heterocycles. The first kappa shape index (κ1) is 10.3. The van der Waals surface area contributed by atoms with Gasteiger partial charge in [-0.1, -0.05) is 13.8 Å². The average molecular weight is 182 g/mol. The van der Waals surface area contributed by atoms with Gasteiger partial charge < -0.3 is 5.11 Å². The maximum absolute atomic E-state index is 9.15. The molecule has 0 aliphatic carbocycles. The zero-order valence-electron chi connectivity index (χ0n) is 8.57. The van der Waals surface area contributed by atoms with Gasteiger partial charge in [-0.05, 0) is 18.9 Å². The zero-order chi connectivity index (χ0) is 9.84. The fourth-order valence-corrected chi connectivity index (χ4v) is 1.29. The summed E-state index contributed by atoms with van der Waals surface area (Å²) >= 11 is 0. The van der Waals surface area contributed by atoms with E-state index in [0.717, 1.165) is 12.2 Å². The highest BCUT2D eigenvalue weighted by Gasteiger charge is 2.03. The van der Waals surface area contributed by atoms with Crippen LogP contribution in [-0.4, -0.2) is 21.0 Å². The van der Waals surface area contributed by atoms with Crippen molar-refractivity contribution < 1.29 is 5.11 Å². The Kier molecular flexibility index (Phi) is 3.48. The first-order valence-electron chi connectivity index (χ1n) is 4.78. The van der Waals surface area contributed by atoms with Gasteiger partial charge in [0, 0.05) is 19.2 Å². The molecule has 0 saturated heterocycles. The summed E-state index contributed by atoms with van der Waals surface area (Å²) < 4.78 is 1.93. The molecule has 13 heavy (non-hydrogen) atoms. The van der Waals surface area contributed by atoms with Crippen molar-refractivity contribution in [3.63, 3.8) is 0 Å². The van der Waals surface area contributed by atoms with Gasteiger partial charge in [0.2, 0.25) is 0 Å². The molecular weight excluding hydrogens is 164 g/mol. The van der Waals surface area contributed by atoms with Gasteiger partial charge >= 0.3 is 0 Å². The first-order valence-corrected chi connectivity index (χ1v) is 4.78. The second kappa shape index (κ2) is 4.42. The fraction of sp³-hybridized carbons (Fsp3) is 0.700. The van der Waals surface area contributed by atoms with Crippen molar-refractivity contribution in [1.29, 1.82) is 0 Å². The predicted octanol–water partition coefficient (Wildman–Crippen LogP) is 1.46. The summed E-state index contributed by atoms with van der Waals surface area (Å²) in [5.41, 5.74) is 0.968. The molecule has 1 atom stereocenters. The van der Waals surface area contributed by atoms with E-state index in [0.29, 0.717) is 12.3 Å². The molecule has 0 aliphatic heterocycles. The monoisotopic (exact) mass is 182 g/mol. The van der Waals surface area contributed by atoms with Crippen LogP contribution >= 0.6 is 0 Å². The number of rotatable bonds is 4. The molecule has 0 aromatic carbocycles. The summed E-state index contributed by atoms with van der Waals surface area (Å²) in [5, 5.41) is 13.5. The smallest absolute Gasteiger partial charge is 0.0650 e. The lowest BCUT2D eigenvalue weighted by Crippen LogP contribution is -2.08. The van der Waals surface area contributed by atoms with Crippen LogP contribution in [-0.2, 0) is 13.0 Å². The topological polar surface area (TPSA) is 38.0 Å². The van der Waals surface area contributed by atoms with Crippen LogP contribution in [0.1, 0.15) is 26.5 Å². The molecule has 3 heteroatoms. The van der Waals surface area contributed by atoms with E-state index >= 15 is 0 Å². The summed E-state index contributed by atoms with van der Waals surface area (Å²) in [6.07, 6.45) is 2.31. The van der Waals surface area contributed by atoms with E-state index in [9.17, 15) is 0 Å². The van der Waals surface area contributed by atoms with Crippen LogP contribution in [0.2, 0.25) is 0 Å². The number of aromatic nitrogens is 2. The lowest BCUT2D eigenvalue weighted by molar-refractivity contribution is 0.194. The van der Waals surface area contributed by atoms with Crippen molar-refractivity contribution in [2.45, 2.75) is 39.8 Å². The summed E-state index contributed by atoms with van der Waals surface area (Å²) in [6, 6.07) is 1.97. The Morgan fingerprint density at radius 1 is 1.46 bits per heavy atom. The Morgan fingerprint density at radius 2 is 2.15 bits per heavy atom. The minimum atomic E-state index is -0.303. The van der Waals surface area contributed by atoms with Gasteiger partial charge in [0.05, 0.1) is 11.8 Å². The zero-order valence-corrected chi connectivity index (χ0v) is 8.57. The van der Waals surface area contributed by atoms with Crippen molar-refractivity contribution >= 4 is 0 Å². The molecule has 3 nitrogen and oxygen atoms in total. The molecule has 0 unspecified atom stereocenters. The predicted molar refractivity (Wildman–Crippen MR) is 52.4 cm³/mol. The highest BCUT2D eigenvalue weighted by Crippen LogP contribution is 2.03. The van der Waals surface area contributed by atoms with Gasteiger partial charge in [0.1, 0.15) is 0 Å². The van der Waals surface area contributed by atoms with Gasteiger partial charge in [0.15, 0.2) is 0 Å². The standard InChI is InChI=1S/C10H18N2O/c1-8(2)7-12-5-4-10(11-12)6-9(3)13/h4-5,8-9,13H,6-7H2,1-3H3/t9-/m1/s1. The molecule has 1 N–H and O–H groups in total.